The highest BCUT2D eigenvalue weighted by Gasteiger charge is 2.49. The van der Waals surface area contributed by atoms with Gasteiger partial charge >= 0.3 is 6.03 Å². The van der Waals surface area contributed by atoms with Gasteiger partial charge in [-0.15, -0.1) is 0 Å². The lowest BCUT2D eigenvalue weighted by Gasteiger charge is -2.22. The molecule has 1 aliphatic rings. The number of halogens is 1. The topological polar surface area (TPSA) is 78.5 Å². The van der Waals surface area contributed by atoms with Crippen LogP contribution in [-0.2, 0) is 15.1 Å². The molecule has 1 aliphatic heterocycles. The Morgan fingerprint density at radius 2 is 1.76 bits per heavy atom. The molecule has 0 saturated carbocycles. The van der Waals surface area contributed by atoms with Crippen molar-refractivity contribution < 1.29 is 18.8 Å². The molecule has 1 fully saturated rings. The van der Waals surface area contributed by atoms with Crippen LogP contribution in [0.3, 0.4) is 0 Å². The number of benzene rings is 2. The molecule has 0 spiro atoms. The number of hydrogen-bond donors (Lipinski definition) is 2. The standard InChI is InChI=1S/C18H16FN3O3/c1-18(12-7-3-2-4-8-12)16(24)22(17(25)21-18)11-15(23)20-14-10-6-5-9-13(14)19/h2-10H,11H2,1H3,(H,20,23)(H,21,25)/t18-/m1/s1. The van der Waals surface area contributed by atoms with Gasteiger partial charge in [0, 0.05) is 0 Å². The first-order chi connectivity index (χ1) is 11.9. The van der Waals surface area contributed by atoms with E-state index in [0.717, 1.165) is 4.90 Å². The maximum absolute atomic E-state index is 13.6. The van der Waals surface area contributed by atoms with Crippen molar-refractivity contribution in [2.75, 3.05) is 11.9 Å². The van der Waals surface area contributed by atoms with Gasteiger partial charge in [-0.25, -0.2) is 9.18 Å². The minimum atomic E-state index is -1.24. The van der Waals surface area contributed by atoms with Crippen LogP contribution in [0.1, 0.15) is 12.5 Å². The normalized spacial score (nSPS) is 19.7. The molecule has 7 heteroatoms. The largest absolute Gasteiger partial charge is 0.325 e. The van der Waals surface area contributed by atoms with Gasteiger partial charge in [0.05, 0.1) is 5.69 Å². The number of para-hydroxylation sites is 1. The molecule has 4 amide bonds. The lowest BCUT2D eigenvalue weighted by Crippen LogP contribution is -2.42. The molecule has 0 radical (unpaired) electrons. The van der Waals surface area contributed by atoms with E-state index in [9.17, 15) is 18.8 Å². The Balaban J connectivity index is 1.75. The molecule has 0 aliphatic carbocycles. The third-order valence-electron chi connectivity index (χ3n) is 4.08. The number of carbonyl (C=O) groups is 3. The van der Waals surface area contributed by atoms with E-state index < -0.39 is 35.7 Å². The van der Waals surface area contributed by atoms with E-state index in [4.69, 9.17) is 0 Å². The first-order valence-corrected chi connectivity index (χ1v) is 7.66. The smallest absolute Gasteiger partial charge is 0.322 e. The van der Waals surface area contributed by atoms with E-state index in [1.807, 2.05) is 0 Å². The van der Waals surface area contributed by atoms with Gasteiger partial charge in [-0.1, -0.05) is 42.5 Å². The van der Waals surface area contributed by atoms with Gasteiger partial charge in [-0.2, -0.15) is 0 Å². The Bertz CT molecular complexity index is 840. The third kappa shape index (κ3) is 3.08. The SMILES string of the molecule is C[C@]1(c2ccccc2)NC(=O)N(CC(=O)Nc2ccccc2F)C1=O. The maximum Gasteiger partial charge on any atom is 0.325 e. The second kappa shape index (κ2) is 6.35. The highest BCUT2D eigenvalue weighted by Crippen LogP contribution is 2.28. The van der Waals surface area contributed by atoms with Crippen LogP contribution in [-0.4, -0.2) is 29.3 Å². The van der Waals surface area contributed by atoms with Crippen LogP contribution in [0.5, 0.6) is 0 Å². The Hall–Kier alpha value is -3.22. The summed E-state index contributed by atoms with van der Waals surface area (Å²) in [5, 5.41) is 4.97. The number of rotatable bonds is 4. The average Bonchev–Trinajstić information content (AvgIpc) is 2.82. The number of urea groups is 1. The summed E-state index contributed by atoms with van der Waals surface area (Å²) in [6.45, 7) is 1.08. The van der Waals surface area contributed by atoms with Crippen molar-refractivity contribution in [3.63, 3.8) is 0 Å². The van der Waals surface area contributed by atoms with Gasteiger partial charge in [0.1, 0.15) is 17.9 Å². The van der Waals surface area contributed by atoms with E-state index in [2.05, 4.69) is 10.6 Å². The monoisotopic (exact) mass is 341 g/mol. The van der Waals surface area contributed by atoms with Crippen molar-refractivity contribution >= 4 is 23.5 Å². The van der Waals surface area contributed by atoms with Crippen molar-refractivity contribution in [3.05, 3.63) is 66.0 Å². The Kier molecular flexibility index (Phi) is 4.22. The third-order valence-corrected chi connectivity index (χ3v) is 4.08. The molecule has 0 bridgehead atoms. The maximum atomic E-state index is 13.6. The van der Waals surface area contributed by atoms with Crippen LogP contribution >= 0.6 is 0 Å². The molecule has 1 saturated heterocycles. The minimum Gasteiger partial charge on any atom is -0.322 e. The summed E-state index contributed by atoms with van der Waals surface area (Å²) < 4.78 is 13.6. The molecule has 2 N–H and O–H groups in total. The summed E-state index contributed by atoms with van der Waals surface area (Å²) in [4.78, 5) is 37.8. The van der Waals surface area contributed by atoms with Crippen LogP contribution in [0.25, 0.3) is 0 Å². The van der Waals surface area contributed by atoms with E-state index in [1.54, 1.807) is 43.3 Å². The van der Waals surface area contributed by atoms with Gasteiger partial charge in [-0.05, 0) is 24.6 Å². The molecular weight excluding hydrogens is 325 g/mol. The molecule has 128 valence electrons. The molecule has 0 unspecified atom stereocenters. The number of anilines is 1. The molecule has 25 heavy (non-hydrogen) atoms. The van der Waals surface area contributed by atoms with Gasteiger partial charge in [0.15, 0.2) is 0 Å². The zero-order valence-electron chi connectivity index (χ0n) is 13.5. The van der Waals surface area contributed by atoms with Gasteiger partial charge < -0.3 is 10.6 Å². The number of carbonyl (C=O) groups excluding carboxylic acids is 3. The Morgan fingerprint density at radius 3 is 2.44 bits per heavy atom. The van der Waals surface area contributed by atoms with Gasteiger partial charge in [0.2, 0.25) is 5.91 Å². The number of nitrogens with one attached hydrogen (secondary N) is 2. The molecule has 1 atom stereocenters. The van der Waals surface area contributed by atoms with Crippen molar-refractivity contribution in [2.45, 2.75) is 12.5 Å². The van der Waals surface area contributed by atoms with Crippen molar-refractivity contribution in [1.29, 1.82) is 0 Å². The number of hydrogen-bond acceptors (Lipinski definition) is 3. The molecule has 6 nitrogen and oxygen atoms in total. The van der Waals surface area contributed by atoms with E-state index in [0.29, 0.717) is 5.56 Å². The van der Waals surface area contributed by atoms with E-state index >= 15 is 0 Å². The summed E-state index contributed by atoms with van der Waals surface area (Å²) in [5.74, 6) is -1.79. The average molecular weight is 341 g/mol. The van der Waals surface area contributed by atoms with Crippen molar-refractivity contribution in [3.8, 4) is 0 Å². The van der Waals surface area contributed by atoms with Crippen LogP contribution in [0, 0.1) is 5.82 Å². The van der Waals surface area contributed by atoms with E-state index in [-0.39, 0.29) is 5.69 Å². The van der Waals surface area contributed by atoms with Crippen LogP contribution in [0.4, 0.5) is 14.9 Å². The Labute approximate surface area is 143 Å². The fourth-order valence-electron chi connectivity index (χ4n) is 2.70. The summed E-state index contributed by atoms with van der Waals surface area (Å²) >= 11 is 0. The minimum absolute atomic E-state index is 0.00891. The molecule has 1 heterocycles. The van der Waals surface area contributed by atoms with Crippen LogP contribution in [0.15, 0.2) is 54.6 Å². The highest BCUT2D eigenvalue weighted by atomic mass is 19.1. The summed E-state index contributed by atoms with van der Waals surface area (Å²) in [7, 11) is 0. The summed E-state index contributed by atoms with van der Waals surface area (Å²) in [5.41, 5.74) is -0.632. The fourth-order valence-corrected chi connectivity index (χ4v) is 2.70. The quantitative estimate of drug-likeness (QED) is 0.837. The predicted molar refractivity (Wildman–Crippen MR) is 89.1 cm³/mol. The summed E-state index contributed by atoms with van der Waals surface area (Å²) in [6, 6.07) is 13.8. The van der Waals surface area contributed by atoms with Crippen molar-refractivity contribution in [2.24, 2.45) is 0 Å². The number of amides is 4. The van der Waals surface area contributed by atoms with E-state index in [1.165, 1.54) is 18.2 Å². The lowest BCUT2D eigenvalue weighted by molar-refractivity contribution is -0.133. The highest BCUT2D eigenvalue weighted by molar-refractivity contribution is 6.10. The molecule has 0 aromatic heterocycles. The van der Waals surface area contributed by atoms with Crippen LogP contribution < -0.4 is 10.6 Å². The fraction of sp³-hybridized carbons (Fsp3) is 0.167. The summed E-state index contributed by atoms with van der Waals surface area (Å²) in [6.07, 6.45) is 0. The van der Waals surface area contributed by atoms with Crippen LogP contribution in [0.2, 0.25) is 0 Å². The number of nitrogens with zero attached hydrogens (tertiary/aromatic N) is 1. The van der Waals surface area contributed by atoms with Gasteiger partial charge in [0.25, 0.3) is 5.91 Å². The molecule has 2 aromatic carbocycles. The predicted octanol–water partition coefficient (Wildman–Crippen LogP) is 2.23. The first-order valence-electron chi connectivity index (χ1n) is 7.66. The second-order valence-corrected chi connectivity index (χ2v) is 5.84. The van der Waals surface area contributed by atoms with Gasteiger partial charge in [-0.3, -0.25) is 14.5 Å². The second-order valence-electron chi connectivity index (χ2n) is 5.84. The zero-order valence-corrected chi connectivity index (χ0v) is 13.5. The molecule has 3 rings (SSSR count). The lowest BCUT2D eigenvalue weighted by atomic mass is 9.92. The van der Waals surface area contributed by atoms with Crippen molar-refractivity contribution in [1.82, 2.24) is 10.2 Å². The molecule has 2 aromatic rings. The Morgan fingerprint density at radius 1 is 1.12 bits per heavy atom. The first kappa shape index (κ1) is 16.6. The zero-order chi connectivity index (χ0) is 18.0. The molecular formula is C18H16FN3O3. The number of imide groups is 1.